The van der Waals surface area contributed by atoms with Crippen LogP contribution < -0.4 is 11.1 Å². The molecule has 0 aliphatic carbocycles. The van der Waals surface area contributed by atoms with Gasteiger partial charge in [-0.2, -0.15) is 11.8 Å². The van der Waals surface area contributed by atoms with Crippen LogP contribution in [-0.4, -0.2) is 29.2 Å². The van der Waals surface area contributed by atoms with E-state index in [-0.39, 0.29) is 11.7 Å². The topological polar surface area (TPSA) is 72.2 Å². The van der Waals surface area contributed by atoms with E-state index in [1.54, 1.807) is 11.8 Å². The number of rotatable bonds is 9. The van der Waals surface area contributed by atoms with Gasteiger partial charge in [0, 0.05) is 11.1 Å². The van der Waals surface area contributed by atoms with Crippen LogP contribution in [0.1, 0.15) is 22.5 Å². The van der Waals surface area contributed by atoms with E-state index in [0.29, 0.717) is 12.2 Å². The SMILES string of the molecule is N[C@@H](CCCSCC(=O)c1cccs1)C(=O)Nc1cccc2ccccc12. The van der Waals surface area contributed by atoms with Crippen LogP contribution in [0, 0.1) is 0 Å². The van der Waals surface area contributed by atoms with Crippen molar-refractivity contribution < 1.29 is 9.59 Å². The molecular formula is C21H22N2O2S2. The predicted octanol–water partition coefficient (Wildman–Crippen LogP) is 4.56. The van der Waals surface area contributed by atoms with Crippen LogP contribution in [0.25, 0.3) is 10.8 Å². The van der Waals surface area contributed by atoms with Crippen LogP contribution in [0.5, 0.6) is 0 Å². The van der Waals surface area contributed by atoms with Crippen molar-refractivity contribution in [3.05, 3.63) is 64.9 Å². The highest BCUT2D eigenvalue weighted by atomic mass is 32.2. The molecule has 2 aromatic carbocycles. The van der Waals surface area contributed by atoms with Crippen LogP contribution in [0.2, 0.25) is 0 Å². The molecular weight excluding hydrogens is 376 g/mol. The summed E-state index contributed by atoms with van der Waals surface area (Å²) in [6.45, 7) is 0. The Bertz CT molecular complexity index is 904. The number of nitrogens with one attached hydrogen (secondary N) is 1. The number of thiophene rings is 1. The Morgan fingerprint density at radius 1 is 1.07 bits per heavy atom. The summed E-state index contributed by atoms with van der Waals surface area (Å²) in [5.41, 5.74) is 6.82. The Morgan fingerprint density at radius 3 is 2.70 bits per heavy atom. The van der Waals surface area contributed by atoms with E-state index in [1.807, 2.05) is 60.0 Å². The molecule has 3 aromatic rings. The maximum absolute atomic E-state index is 12.4. The minimum Gasteiger partial charge on any atom is -0.324 e. The number of Topliss-reactive ketones (excluding diaryl/α,β-unsaturated/α-hetero) is 1. The number of fused-ring (bicyclic) bond motifs is 1. The minimum absolute atomic E-state index is 0.160. The van der Waals surface area contributed by atoms with Crippen LogP contribution in [0.4, 0.5) is 5.69 Å². The maximum Gasteiger partial charge on any atom is 0.241 e. The second-order valence-corrected chi connectivity index (χ2v) is 8.27. The predicted molar refractivity (Wildman–Crippen MR) is 116 cm³/mol. The summed E-state index contributed by atoms with van der Waals surface area (Å²) < 4.78 is 0. The molecule has 27 heavy (non-hydrogen) atoms. The van der Waals surface area contributed by atoms with Crippen molar-refractivity contribution in [2.75, 3.05) is 16.8 Å². The maximum atomic E-state index is 12.4. The van der Waals surface area contributed by atoms with Gasteiger partial charge in [-0.15, -0.1) is 11.3 Å². The third kappa shape index (κ3) is 5.42. The highest BCUT2D eigenvalue weighted by molar-refractivity contribution is 7.99. The quantitative estimate of drug-likeness (QED) is 0.409. The van der Waals surface area contributed by atoms with Gasteiger partial charge in [0.2, 0.25) is 5.91 Å². The Morgan fingerprint density at radius 2 is 1.89 bits per heavy atom. The highest BCUT2D eigenvalue weighted by Gasteiger charge is 2.14. The molecule has 3 rings (SSSR count). The smallest absolute Gasteiger partial charge is 0.241 e. The number of hydrogen-bond donors (Lipinski definition) is 2. The zero-order valence-corrected chi connectivity index (χ0v) is 16.5. The standard InChI is InChI=1S/C21H22N2O2S2/c22-17(9-4-12-26-14-19(24)20-11-5-13-27-20)21(25)23-18-10-3-7-15-6-1-2-8-16(15)18/h1-3,5-8,10-11,13,17H,4,9,12,14,22H2,(H,23,25)/t17-/m0/s1. The first-order valence-electron chi connectivity index (χ1n) is 8.84. The van der Waals surface area contributed by atoms with Crippen molar-refractivity contribution in [3.8, 4) is 0 Å². The number of carbonyl (C=O) groups is 2. The first kappa shape index (κ1) is 19.6. The summed E-state index contributed by atoms with van der Waals surface area (Å²) in [5, 5.41) is 6.93. The molecule has 0 saturated heterocycles. The van der Waals surface area contributed by atoms with Crippen molar-refractivity contribution in [1.82, 2.24) is 0 Å². The summed E-state index contributed by atoms with van der Waals surface area (Å²) in [7, 11) is 0. The second-order valence-electron chi connectivity index (χ2n) is 6.22. The molecule has 0 aliphatic rings. The first-order valence-corrected chi connectivity index (χ1v) is 10.9. The van der Waals surface area contributed by atoms with E-state index in [1.165, 1.54) is 11.3 Å². The van der Waals surface area contributed by atoms with Gasteiger partial charge in [0.05, 0.1) is 16.7 Å². The average Bonchev–Trinajstić information content (AvgIpc) is 3.22. The lowest BCUT2D eigenvalue weighted by atomic mass is 10.1. The molecule has 140 valence electrons. The minimum atomic E-state index is -0.558. The van der Waals surface area contributed by atoms with E-state index in [2.05, 4.69) is 5.32 Å². The molecule has 1 aromatic heterocycles. The molecule has 4 nitrogen and oxygen atoms in total. The van der Waals surface area contributed by atoms with Crippen LogP contribution in [-0.2, 0) is 4.79 Å². The van der Waals surface area contributed by atoms with Gasteiger partial charge in [-0.1, -0.05) is 42.5 Å². The number of ketones is 1. The van der Waals surface area contributed by atoms with Gasteiger partial charge in [0.15, 0.2) is 5.78 Å². The Labute approximate surface area is 167 Å². The molecule has 0 radical (unpaired) electrons. The number of nitrogens with two attached hydrogens (primary N) is 1. The van der Waals surface area contributed by atoms with Crippen LogP contribution in [0.15, 0.2) is 60.0 Å². The summed E-state index contributed by atoms with van der Waals surface area (Å²) in [6.07, 6.45) is 1.39. The summed E-state index contributed by atoms with van der Waals surface area (Å²) in [4.78, 5) is 25.1. The lowest BCUT2D eigenvalue weighted by Crippen LogP contribution is -2.35. The highest BCUT2D eigenvalue weighted by Crippen LogP contribution is 2.23. The molecule has 0 spiro atoms. The lowest BCUT2D eigenvalue weighted by molar-refractivity contribution is -0.117. The van der Waals surface area contributed by atoms with E-state index in [9.17, 15) is 9.59 Å². The third-order valence-electron chi connectivity index (χ3n) is 4.22. The summed E-state index contributed by atoms with van der Waals surface area (Å²) >= 11 is 3.06. The molecule has 0 fully saturated rings. The van der Waals surface area contributed by atoms with Crippen LogP contribution in [0.3, 0.4) is 0 Å². The molecule has 3 N–H and O–H groups in total. The zero-order valence-electron chi connectivity index (χ0n) is 14.9. The number of thioether (sulfide) groups is 1. The molecule has 6 heteroatoms. The van der Waals surface area contributed by atoms with E-state index < -0.39 is 6.04 Å². The third-order valence-corrected chi connectivity index (χ3v) is 6.17. The van der Waals surface area contributed by atoms with Crippen LogP contribution >= 0.6 is 23.1 Å². The molecule has 0 aliphatic heterocycles. The number of carbonyl (C=O) groups excluding carboxylic acids is 2. The molecule has 1 amide bonds. The molecule has 0 bridgehead atoms. The van der Waals surface area contributed by atoms with Crippen molar-refractivity contribution >= 4 is 51.2 Å². The summed E-state index contributed by atoms with van der Waals surface area (Å²) in [6, 6.07) is 16.9. The molecule has 1 atom stereocenters. The summed E-state index contributed by atoms with van der Waals surface area (Å²) in [5.74, 6) is 1.27. The van der Waals surface area contributed by atoms with Gasteiger partial charge in [-0.3, -0.25) is 9.59 Å². The lowest BCUT2D eigenvalue weighted by Gasteiger charge is -2.13. The fourth-order valence-electron chi connectivity index (χ4n) is 2.77. The monoisotopic (exact) mass is 398 g/mol. The Balaban J connectivity index is 1.42. The van der Waals surface area contributed by atoms with Crippen molar-refractivity contribution in [2.45, 2.75) is 18.9 Å². The number of anilines is 1. The molecule has 0 saturated carbocycles. The number of benzene rings is 2. The van der Waals surface area contributed by atoms with Gasteiger partial charge in [0.1, 0.15) is 0 Å². The molecule has 0 unspecified atom stereocenters. The van der Waals surface area contributed by atoms with Gasteiger partial charge in [-0.25, -0.2) is 0 Å². The van der Waals surface area contributed by atoms with Crippen molar-refractivity contribution in [3.63, 3.8) is 0 Å². The van der Waals surface area contributed by atoms with Gasteiger partial charge in [0.25, 0.3) is 0 Å². The van der Waals surface area contributed by atoms with Gasteiger partial charge in [-0.05, 0) is 41.5 Å². The van der Waals surface area contributed by atoms with E-state index in [0.717, 1.165) is 33.5 Å². The average molecular weight is 399 g/mol. The van der Waals surface area contributed by atoms with E-state index in [4.69, 9.17) is 5.73 Å². The van der Waals surface area contributed by atoms with E-state index >= 15 is 0 Å². The fourth-order valence-corrected chi connectivity index (χ4v) is 4.38. The largest absolute Gasteiger partial charge is 0.324 e. The second kappa shape index (κ2) is 9.69. The first-order chi connectivity index (χ1) is 13.1. The Kier molecular flexibility index (Phi) is 7.04. The number of amides is 1. The number of hydrogen-bond acceptors (Lipinski definition) is 5. The zero-order chi connectivity index (χ0) is 19.1. The van der Waals surface area contributed by atoms with Crippen molar-refractivity contribution in [1.29, 1.82) is 0 Å². The molecule has 1 heterocycles. The van der Waals surface area contributed by atoms with Crippen molar-refractivity contribution in [2.24, 2.45) is 5.73 Å². The van der Waals surface area contributed by atoms with Gasteiger partial charge >= 0.3 is 0 Å². The normalized spacial score (nSPS) is 12.0. The Hall–Kier alpha value is -2.15. The fraction of sp³-hybridized carbons (Fsp3) is 0.238. The van der Waals surface area contributed by atoms with Gasteiger partial charge < -0.3 is 11.1 Å².